The van der Waals surface area contributed by atoms with E-state index in [1.54, 1.807) is 11.8 Å². The van der Waals surface area contributed by atoms with Gasteiger partial charge in [0, 0.05) is 23.9 Å². The predicted molar refractivity (Wildman–Crippen MR) is 113 cm³/mol. The second kappa shape index (κ2) is 10.1. The third kappa shape index (κ3) is 5.72. The van der Waals surface area contributed by atoms with Crippen molar-refractivity contribution in [2.24, 2.45) is 29.4 Å². The topological polar surface area (TPSA) is 84.2 Å². The highest BCUT2D eigenvalue weighted by Crippen LogP contribution is 2.38. The lowest BCUT2D eigenvalue weighted by molar-refractivity contribution is -0.123. The first-order valence-electron chi connectivity index (χ1n) is 9.84. The van der Waals surface area contributed by atoms with Crippen LogP contribution in [0.15, 0.2) is 23.1 Å². The number of nitrogens with one attached hydrogen (secondary N) is 2. The maximum absolute atomic E-state index is 13.1. The molecule has 0 aromatic heterocycles. The molecule has 6 heteroatoms. The zero-order chi connectivity index (χ0) is 20.0. The van der Waals surface area contributed by atoms with Gasteiger partial charge >= 0.3 is 0 Å². The lowest BCUT2D eigenvalue weighted by atomic mass is 9.70. The van der Waals surface area contributed by atoms with Gasteiger partial charge in [-0.1, -0.05) is 27.2 Å². The van der Waals surface area contributed by atoms with Crippen molar-refractivity contribution in [2.45, 2.75) is 44.9 Å². The molecule has 0 bridgehead atoms. The number of carbonyl (C=O) groups is 2. The van der Waals surface area contributed by atoms with Crippen LogP contribution in [-0.2, 0) is 4.79 Å². The van der Waals surface area contributed by atoms with Crippen LogP contribution in [0.4, 0.5) is 5.69 Å². The van der Waals surface area contributed by atoms with Gasteiger partial charge < -0.3 is 16.4 Å². The zero-order valence-electron chi connectivity index (χ0n) is 16.9. The summed E-state index contributed by atoms with van der Waals surface area (Å²) in [6.07, 6.45) is 5.14. The Kier molecular flexibility index (Phi) is 8.17. The SMILES string of the molecule is CSc1ccc(NC(=O)C2C[C@H](C)CC[C@H]2C(C)C)c(C(=O)NCCN)c1. The number of benzene rings is 1. The minimum atomic E-state index is -0.205. The molecule has 1 aromatic carbocycles. The summed E-state index contributed by atoms with van der Waals surface area (Å²) >= 11 is 1.57. The number of rotatable bonds is 7. The molecule has 1 aromatic rings. The molecular weight excluding hydrogens is 358 g/mol. The molecule has 2 amide bonds. The summed E-state index contributed by atoms with van der Waals surface area (Å²) in [4.78, 5) is 26.6. The number of thioether (sulfide) groups is 1. The van der Waals surface area contributed by atoms with Gasteiger partial charge in [0.05, 0.1) is 11.3 Å². The van der Waals surface area contributed by atoms with E-state index in [2.05, 4.69) is 31.4 Å². The van der Waals surface area contributed by atoms with E-state index in [1.165, 1.54) is 6.42 Å². The summed E-state index contributed by atoms with van der Waals surface area (Å²) in [7, 11) is 0. The molecule has 1 fully saturated rings. The van der Waals surface area contributed by atoms with Gasteiger partial charge in [0.1, 0.15) is 0 Å². The molecule has 1 aliphatic rings. The van der Waals surface area contributed by atoms with Crippen molar-refractivity contribution in [1.29, 1.82) is 0 Å². The van der Waals surface area contributed by atoms with E-state index in [4.69, 9.17) is 5.73 Å². The van der Waals surface area contributed by atoms with Crippen LogP contribution < -0.4 is 16.4 Å². The number of carbonyl (C=O) groups excluding carboxylic acids is 2. The first-order chi connectivity index (χ1) is 12.9. The minimum absolute atomic E-state index is 0.00562. The van der Waals surface area contributed by atoms with Gasteiger partial charge in [0.25, 0.3) is 5.91 Å². The Balaban J connectivity index is 2.23. The molecule has 0 radical (unpaired) electrons. The summed E-state index contributed by atoms with van der Waals surface area (Å²) < 4.78 is 0. The van der Waals surface area contributed by atoms with E-state index < -0.39 is 0 Å². The molecule has 1 saturated carbocycles. The van der Waals surface area contributed by atoms with Gasteiger partial charge in [-0.3, -0.25) is 9.59 Å². The van der Waals surface area contributed by atoms with Gasteiger partial charge in [-0.05, 0) is 55.1 Å². The van der Waals surface area contributed by atoms with Gasteiger partial charge in [-0.2, -0.15) is 0 Å². The number of nitrogens with two attached hydrogens (primary N) is 1. The Morgan fingerprint density at radius 2 is 2.04 bits per heavy atom. The van der Waals surface area contributed by atoms with Crippen LogP contribution in [0, 0.1) is 23.7 Å². The lowest BCUT2D eigenvalue weighted by Crippen LogP contribution is -2.37. The molecule has 4 N–H and O–H groups in total. The highest BCUT2D eigenvalue weighted by Gasteiger charge is 2.35. The van der Waals surface area contributed by atoms with E-state index in [9.17, 15) is 9.59 Å². The fraction of sp³-hybridized carbons (Fsp3) is 0.619. The lowest BCUT2D eigenvalue weighted by Gasteiger charge is -2.36. The number of hydrogen-bond donors (Lipinski definition) is 3. The quantitative estimate of drug-likeness (QED) is 0.618. The number of anilines is 1. The van der Waals surface area contributed by atoms with Crippen molar-refractivity contribution < 1.29 is 9.59 Å². The summed E-state index contributed by atoms with van der Waals surface area (Å²) in [5.41, 5.74) is 6.57. The molecule has 0 saturated heterocycles. The third-order valence-corrected chi connectivity index (χ3v) is 6.24. The summed E-state index contributed by atoms with van der Waals surface area (Å²) in [5, 5.41) is 5.86. The first kappa shape index (κ1) is 21.8. The van der Waals surface area contributed by atoms with Crippen LogP contribution in [0.1, 0.15) is 50.4 Å². The normalized spacial score (nSPS) is 22.5. The number of hydrogen-bond acceptors (Lipinski definition) is 4. The van der Waals surface area contributed by atoms with Crippen LogP contribution in [0.2, 0.25) is 0 Å². The molecule has 1 aliphatic carbocycles. The van der Waals surface area contributed by atoms with Crippen LogP contribution in [0.5, 0.6) is 0 Å². The molecule has 0 spiro atoms. The highest BCUT2D eigenvalue weighted by atomic mass is 32.2. The summed E-state index contributed by atoms with van der Waals surface area (Å²) in [5.74, 6) is 1.24. The standard InChI is InChI=1S/C21H33N3O2S/c1-13(2)16-7-5-14(3)11-17(16)21(26)24-19-8-6-15(27-4)12-18(19)20(25)23-10-9-22/h6,8,12-14,16-17H,5,7,9-11,22H2,1-4H3,(H,23,25)(H,24,26)/t14-,16+,17?/m1/s1. The van der Waals surface area contributed by atoms with Crippen molar-refractivity contribution in [3.63, 3.8) is 0 Å². The summed E-state index contributed by atoms with van der Waals surface area (Å²) in [6, 6.07) is 5.59. The van der Waals surface area contributed by atoms with E-state index >= 15 is 0 Å². The molecule has 27 heavy (non-hydrogen) atoms. The Morgan fingerprint density at radius 3 is 2.67 bits per heavy atom. The van der Waals surface area contributed by atoms with E-state index in [-0.39, 0.29) is 17.7 Å². The molecule has 0 aliphatic heterocycles. The predicted octanol–water partition coefficient (Wildman–Crippen LogP) is 3.74. The zero-order valence-corrected chi connectivity index (χ0v) is 17.7. The fourth-order valence-corrected chi connectivity index (χ4v) is 4.40. The molecule has 5 nitrogen and oxygen atoms in total. The van der Waals surface area contributed by atoms with E-state index in [0.717, 1.165) is 17.7 Å². The Bertz CT molecular complexity index is 663. The second-order valence-corrected chi connectivity index (χ2v) is 8.76. The van der Waals surface area contributed by atoms with Crippen molar-refractivity contribution in [1.82, 2.24) is 5.32 Å². The van der Waals surface area contributed by atoms with Gasteiger partial charge in [-0.25, -0.2) is 0 Å². The van der Waals surface area contributed by atoms with Crippen LogP contribution >= 0.6 is 11.8 Å². The van der Waals surface area contributed by atoms with Crippen LogP contribution in [0.3, 0.4) is 0 Å². The number of amides is 2. The van der Waals surface area contributed by atoms with Gasteiger partial charge in [-0.15, -0.1) is 11.8 Å². The first-order valence-corrected chi connectivity index (χ1v) is 11.1. The smallest absolute Gasteiger partial charge is 0.253 e. The van der Waals surface area contributed by atoms with Gasteiger partial charge in [0.2, 0.25) is 5.91 Å². The van der Waals surface area contributed by atoms with Crippen LogP contribution in [-0.4, -0.2) is 31.2 Å². The largest absolute Gasteiger partial charge is 0.351 e. The average Bonchev–Trinajstić information content (AvgIpc) is 2.65. The van der Waals surface area contributed by atoms with Crippen molar-refractivity contribution in [3.8, 4) is 0 Å². The molecule has 0 heterocycles. The summed E-state index contributed by atoms with van der Waals surface area (Å²) in [6.45, 7) is 7.40. The monoisotopic (exact) mass is 391 g/mol. The molecule has 1 unspecified atom stereocenters. The Hall–Kier alpha value is -1.53. The Labute approximate surface area is 167 Å². The molecular formula is C21H33N3O2S. The molecule has 3 atom stereocenters. The van der Waals surface area contributed by atoms with E-state index in [1.807, 2.05) is 24.5 Å². The third-order valence-electron chi connectivity index (χ3n) is 5.52. The highest BCUT2D eigenvalue weighted by molar-refractivity contribution is 7.98. The van der Waals surface area contributed by atoms with Crippen molar-refractivity contribution >= 4 is 29.3 Å². The van der Waals surface area contributed by atoms with Crippen LogP contribution in [0.25, 0.3) is 0 Å². The Morgan fingerprint density at radius 1 is 1.30 bits per heavy atom. The van der Waals surface area contributed by atoms with Crippen molar-refractivity contribution in [3.05, 3.63) is 23.8 Å². The van der Waals surface area contributed by atoms with Gasteiger partial charge in [0.15, 0.2) is 0 Å². The molecule has 150 valence electrons. The maximum Gasteiger partial charge on any atom is 0.253 e. The maximum atomic E-state index is 13.1. The fourth-order valence-electron chi connectivity index (χ4n) is 3.96. The van der Waals surface area contributed by atoms with Crippen molar-refractivity contribution in [2.75, 3.05) is 24.7 Å². The minimum Gasteiger partial charge on any atom is -0.351 e. The molecule has 2 rings (SSSR count). The van der Waals surface area contributed by atoms with E-state index in [0.29, 0.717) is 42.1 Å². The average molecular weight is 392 g/mol. The second-order valence-electron chi connectivity index (χ2n) is 7.88.